The zero-order chi connectivity index (χ0) is 17.1. The molecule has 0 aromatic heterocycles. The molecular weight excluding hydrogens is 300 g/mol. The van der Waals surface area contributed by atoms with Gasteiger partial charge in [-0.05, 0) is 13.3 Å². The minimum Gasteiger partial charge on any atom is -0.463 e. The van der Waals surface area contributed by atoms with Crippen molar-refractivity contribution in [3.8, 4) is 0 Å². The number of unbranched alkanes of at least 4 members (excludes halogenated alkanes) is 5. The maximum atomic E-state index is 12.0. The lowest BCUT2D eigenvalue weighted by atomic mass is 10.1. The SMILES string of the molecule is CCCCCCCCOC(=O)/C=C(/C)[Si](C)(C)c1ccccc1. The first-order chi connectivity index (χ1) is 11.0. The van der Waals surface area contributed by atoms with Crippen LogP contribution in [0.25, 0.3) is 0 Å². The number of benzene rings is 1. The van der Waals surface area contributed by atoms with Crippen molar-refractivity contribution in [2.24, 2.45) is 0 Å². The molecule has 0 amide bonds. The van der Waals surface area contributed by atoms with Crippen LogP contribution in [0.5, 0.6) is 0 Å². The summed E-state index contributed by atoms with van der Waals surface area (Å²) in [7, 11) is -1.75. The number of carbonyl (C=O) groups excluding carboxylic acids is 1. The highest BCUT2D eigenvalue weighted by molar-refractivity contribution is 6.95. The van der Waals surface area contributed by atoms with Crippen molar-refractivity contribution in [1.82, 2.24) is 0 Å². The Balaban J connectivity index is 2.40. The van der Waals surface area contributed by atoms with Crippen LogP contribution in [0.1, 0.15) is 52.4 Å². The van der Waals surface area contributed by atoms with Gasteiger partial charge in [0.1, 0.15) is 8.07 Å². The average Bonchev–Trinajstić information content (AvgIpc) is 2.54. The van der Waals surface area contributed by atoms with Crippen LogP contribution in [-0.4, -0.2) is 20.7 Å². The highest BCUT2D eigenvalue weighted by Gasteiger charge is 2.25. The molecule has 23 heavy (non-hydrogen) atoms. The van der Waals surface area contributed by atoms with Gasteiger partial charge in [-0.25, -0.2) is 4.79 Å². The summed E-state index contributed by atoms with van der Waals surface area (Å²) in [6.45, 7) is 9.37. The smallest absolute Gasteiger partial charge is 0.330 e. The van der Waals surface area contributed by atoms with Crippen molar-refractivity contribution in [2.45, 2.75) is 65.5 Å². The first-order valence-electron chi connectivity index (χ1n) is 8.89. The minimum atomic E-state index is -1.75. The van der Waals surface area contributed by atoms with Crippen LogP contribution in [0.3, 0.4) is 0 Å². The van der Waals surface area contributed by atoms with E-state index in [9.17, 15) is 4.79 Å². The first-order valence-corrected chi connectivity index (χ1v) is 11.9. The van der Waals surface area contributed by atoms with Gasteiger partial charge in [-0.3, -0.25) is 0 Å². The third kappa shape index (κ3) is 7.17. The van der Waals surface area contributed by atoms with E-state index in [-0.39, 0.29) is 5.97 Å². The number of ether oxygens (including phenoxy) is 1. The van der Waals surface area contributed by atoms with Crippen LogP contribution < -0.4 is 5.19 Å². The molecule has 0 aliphatic rings. The fraction of sp³-hybridized carbons (Fsp3) is 0.550. The maximum absolute atomic E-state index is 12.0. The van der Waals surface area contributed by atoms with Crippen LogP contribution >= 0.6 is 0 Å². The number of hydrogen-bond donors (Lipinski definition) is 0. The number of allylic oxidation sites excluding steroid dienone is 1. The third-order valence-electron chi connectivity index (χ3n) is 4.56. The van der Waals surface area contributed by atoms with Crippen LogP contribution in [-0.2, 0) is 9.53 Å². The van der Waals surface area contributed by atoms with Crippen molar-refractivity contribution in [1.29, 1.82) is 0 Å². The van der Waals surface area contributed by atoms with Gasteiger partial charge in [-0.1, -0.05) is 92.8 Å². The molecule has 0 fully saturated rings. The average molecular weight is 333 g/mol. The van der Waals surface area contributed by atoms with E-state index in [4.69, 9.17) is 4.74 Å². The van der Waals surface area contributed by atoms with Gasteiger partial charge >= 0.3 is 5.97 Å². The summed E-state index contributed by atoms with van der Waals surface area (Å²) in [6.07, 6.45) is 8.94. The summed E-state index contributed by atoms with van der Waals surface area (Å²) in [5, 5.41) is 2.51. The van der Waals surface area contributed by atoms with Crippen LogP contribution in [0.4, 0.5) is 0 Å². The Bertz CT molecular complexity index is 492. The van der Waals surface area contributed by atoms with Gasteiger partial charge in [-0.2, -0.15) is 0 Å². The summed E-state index contributed by atoms with van der Waals surface area (Å²) >= 11 is 0. The van der Waals surface area contributed by atoms with E-state index < -0.39 is 8.07 Å². The maximum Gasteiger partial charge on any atom is 0.330 e. The zero-order valence-corrected chi connectivity index (χ0v) is 16.2. The Morgan fingerprint density at radius 2 is 1.65 bits per heavy atom. The van der Waals surface area contributed by atoms with E-state index >= 15 is 0 Å². The van der Waals surface area contributed by atoms with Gasteiger partial charge in [0.05, 0.1) is 6.61 Å². The lowest BCUT2D eigenvalue weighted by molar-refractivity contribution is -0.137. The summed E-state index contributed by atoms with van der Waals surface area (Å²) in [4.78, 5) is 12.0. The van der Waals surface area contributed by atoms with Crippen LogP contribution in [0, 0.1) is 0 Å². The second-order valence-electron chi connectivity index (χ2n) is 6.75. The van der Waals surface area contributed by atoms with Gasteiger partial charge < -0.3 is 4.74 Å². The molecule has 0 saturated carbocycles. The second-order valence-corrected chi connectivity index (χ2v) is 11.4. The van der Waals surface area contributed by atoms with Crippen molar-refractivity contribution < 1.29 is 9.53 Å². The molecule has 1 aromatic carbocycles. The summed E-state index contributed by atoms with van der Waals surface area (Å²) in [6, 6.07) is 10.5. The van der Waals surface area contributed by atoms with E-state index in [0.717, 1.165) is 18.0 Å². The molecule has 1 rings (SSSR count). The van der Waals surface area contributed by atoms with Crippen LogP contribution in [0.2, 0.25) is 13.1 Å². The lowest BCUT2D eigenvalue weighted by Gasteiger charge is -2.24. The molecule has 0 aliphatic carbocycles. The van der Waals surface area contributed by atoms with Crippen molar-refractivity contribution in [2.75, 3.05) is 6.61 Å². The summed E-state index contributed by atoms with van der Waals surface area (Å²) in [5.41, 5.74) is 0. The van der Waals surface area contributed by atoms with Gasteiger partial charge in [0.15, 0.2) is 0 Å². The van der Waals surface area contributed by atoms with Crippen molar-refractivity contribution in [3.63, 3.8) is 0 Å². The Labute approximate surface area is 143 Å². The normalized spacial score (nSPS) is 12.3. The molecule has 0 radical (unpaired) electrons. The van der Waals surface area contributed by atoms with E-state index in [0.29, 0.717) is 6.61 Å². The Hall–Kier alpha value is -1.35. The number of rotatable bonds is 10. The Morgan fingerprint density at radius 1 is 1.04 bits per heavy atom. The quantitative estimate of drug-likeness (QED) is 0.261. The second kappa shape index (κ2) is 10.4. The molecule has 0 N–H and O–H groups in total. The number of esters is 1. The van der Waals surface area contributed by atoms with E-state index in [1.165, 1.54) is 30.9 Å². The topological polar surface area (TPSA) is 26.3 Å². The largest absolute Gasteiger partial charge is 0.463 e. The van der Waals surface area contributed by atoms with E-state index in [1.807, 2.05) is 6.07 Å². The molecular formula is C20H32O2Si. The predicted molar refractivity (Wildman–Crippen MR) is 102 cm³/mol. The molecule has 0 bridgehead atoms. The van der Waals surface area contributed by atoms with E-state index in [1.54, 1.807) is 6.08 Å². The fourth-order valence-electron chi connectivity index (χ4n) is 2.54. The monoisotopic (exact) mass is 332 g/mol. The molecule has 0 unspecified atom stereocenters. The number of hydrogen-bond acceptors (Lipinski definition) is 2. The molecule has 0 heterocycles. The minimum absolute atomic E-state index is 0.187. The standard InChI is InChI=1S/C20H32O2Si/c1-5-6-7-8-9-13-16-22-20(21)17-18(2)23(3,4)19-14-11-10-12-15-19/h10-12,14-15,17H,5-9,13,16H2,1-4H3/b18-17-. The van der Waals surface area contributed by atoms with Crippen LogP contribution in [0.15, 0.2) is 41.6 Å². The fourth-order valence-corrected chi connectivity index (χ4v) is 4.50. The summed E-state index contributed by atoms with van der Waals surface area (Å²) < 4.78 is 5.36. The summed E-state index contributed by atoms with van der Waals surface area (Å²) in [5.74, 6) is -0.187. The Morgan fingerprint density at radius 3 is 2.30 bits per heavy atom. The molecule has 0 atom stereocenters. The highest BCUT2D eigenvalue weighted by atomic mass is 28.3. The Kier molecular flexibility index (Phi) is 8.93. The number of carbonyl (C=O) groups is 1. The van der Waals surface area contributed by atoms with Gasteiger partial charge in [0.25, 0.3) is 0 Å². The molecule has 0 saturated heterocycles. The third-order valence-corrected chi connectivity index (χ3v) is 8.45. The van der Waals surface area contributed by atoms with Gasteiger partial charge in [-0.15, -0.1) is 0 Å². The van der Waals surface area contributed by atoms with Gasteiger partial charge in [0.2, 0.25) is 0 Å². The zero-order valence-electron chi connectivity index (χ0n) is 15.2. The first kappa shape index (κ1) is 19.7. The lowest BCUT2D eigenvalue weighted by Crippen LogP contribution is -2.43. The molecule has 0 spiro atoms. The van der Waals surface area contributed by atoms with E-state index in [2.05, 4.69) is 51.2 Å². The molecule has 3 heteroatoms. The van der Waals surface area contributed by atoms with Crippen molar-refractivity contribution >= 4 is 19.2 Å². The highest BCUT2D eigenvalue weighted by Crippen LogP contribution is 2.15. The molecule has 1 aromatic rings. The molecule has 128 valence electrons. The molecule has 2 nitrogen and oxygen atoms in total. The van der Waals surface area contributed by atoms with Gasteiger partial charge in [0, 0.05) is 6.08 Å². The van der Waals surface area contributed by atoms with Crippen molar-refractivity contribution in [3.05, 3.63) is 41.6 Å². The predicted octanol–water partition coefficient (Wildman–Crippen LogP) is 4.99. The molecule has 0 aliphatic heterocycles.